The summed E-state index contributed by atoms with van der Waals surface area (Å²) in [6.45, 7) is 3.49. The van der Waals surface area contributed by atoms with E-state index in [1.807, 2.05) is 0 Å². The lowest BCUT2D eigenvalue weighted by Crippen LogP contribution is -2.42. The minimum atomic E-state index is 0.241. The second-order valence-corrected chi connectivity index (χ2v) is 5.29. The predicted octanol–water partition coefficient (Wildman–Crippen LogP) is 1.15. The Kier molecular flexibility index (Phi) is 4.25. The molecular weight excluding hydrogens is 240 g/mol. The Hall–Kier alpha value is -1.20. The second kappa shape index (κ2) is 6.30. The molecule has 0 saturated carbocycles. The van der Waals surface area contributed by atoms with Gasteiger partial charge in [-0.15, -0.1) is 0 Å². The van der Waals surface area contributed by atoms with Crippen molar-refractivity contribution >= 4 is 5.82 Å². The highest BCUT2D eigenvalue weighted by molar-refractivity contribution is 5.46. The van der Waals surface area contributed by atoms with Crippen LogP contribution in [0.25, 0.3) is 0 Å². The summed E-state index contributed by atoms with van der Waals surface area (Å²) in [5.41, 5.74) is 2.56. The van der Waals surface area contributed by atoms with Gasteiger partial charge in [-0.3, -0.25) is 0 Å². The first-order valence-electron chi connectivity index (χ1n) is 7.32. The normalized spacial score (nSPS) is 23.5. The quantitative estimate of drug-likeness (QED) is 0.800. The number of morpholine rings is 1. The Balaban J connectivity index is 1.66. The minimum absolute atomic E-state index is 0.241. The van der Waals surface area contributed by atoms with E-state index in [2.05, 4.69) is 20.6 Å². The zero-order chi connectivity index (χ0) is 12.9. The Morgan fingerprint density at radius 3 is 3.11 bits per heavy atom. The van der Waals surface area contributed by atoms with Gasteiger partial charge >= 0.3 is 0 Å². The molecule has 5 heteroatoms. The molecule has 1 atom stereocenters. The van der Waals surface area contributed by atoms with Crippen LogP contribution in [0, 0.1) is 0 Å². The molecule has 5 nitrogen and oxygen atoms in total. The maximum atomic E-state index is 5.70. The third-order valence-corrected chi connectivity index (χ3v) is 3.88. The van der Waals surface area contributed by atoms with Gasteiger partial charge in [-0.1, -0.05) is 6.42 Å². The van der Waals surface area contributed by atoms with Gasteiger partial charge in [-0.05, 0) is 25.7 Å². The number of hydrogen-bond donors (Lipinski definition) is 2. The second-order valence-electron chi connectivity index (χ2n) is 5.29. The molecule has 1 aliphatic carbocycles. The van der Waals surface area contributed by atoms with E-state index in [1.165, 1.54) is 30.5 Å². The van der Waals surface area contributed by atoms with Crippen molar-refractivity contribution in [3.05, 3.63) is 17.6 Å². The van der Waals surface area contributed by atoms with Gasteiger partial charge in [0.05, 0.1) is 12.7 Å². The molecule has 0 spiro atoms. The van der Waals surface area contributed by atoms with Crippen LogP contribution in [-0.4, -0.2) is 42.3 Å². The van der Waals surface area contributed by atoms with Crippen molar-refractivity contribution in [3.63, 3.8) is 0 Å². The fourth-order valence-corrected chi connectivity index (χ4v) is 2.81. The van der Waals surface area contributed by atoms with Crippen LogP contribution in [0.1, 0.15) is 30.5 Å². The average Bonchev–Trinajstić information content (AvgIpc) is 2.72. The molecular formula is C14H22N4O. The van der Waals surface area contributed by atoms with Crippen molar-refractivity contribution in [2.24, 2.45) is 0 Å². The van der Waals surface area contributed by atoms with Crippen LogP contribution in [0.5, 0.6) is 0 Å². The molecule has 0 radical (unpaired) electrons. The van der Waals surface area contributed by atoms with E-state index in [-0.39, 0.29) is 6.10 Å². The first-order chi connectivity index (χ1) is 9.43. The maximum absolute atomic E-state index is 5.70. The van der Waals surface area contributed by atoms with Crippen LogP contribution in [-0.2, 0) is 17.6 Å². The van der Waals surface area contributed by atoms with Gasteiger partial charge in [0.2, 0.25) is 0 Å². The highest BCUT2D eigenvalue weighted by Gasteiger charge is 2.17. The molecule has 1 aromatic heterocycles. The lowest BCUT2D eigenvalue weighted by Gasteiger charge is -2.24. The van der Waals surface area contributed by atoms with Crippen molar-refractivity contribution < 1.29 is 4.74 Å². The zero-order valence-electron chi connectivity index (χ0n) is 11.3. The topological polar surface area (TPSA) is 59.1 Å². The molecule has 2 aliphatic rings. The van der Waals surface area contributed by atoms with Crippen molar-refractivity contribution in [1.82, 2.24) is 15.3 Å². The Labute approximate surface area is 114 Å². The smallest absolute Gasteiger partial charge is 0.132 e. The number of fused-ring (bicyclic) bond motifs is 1. The summed E-state index contributed by atoms with van der Waals surface area (Å²) in [5.74, 6) is 1.01. The van der Waals surface area contributed by atoms with E-state index < -0.39 is 0 Å². The summed E-state index contributed by atoms with van der Waals surface area (Å²) in [5, 5.41) is 6.80. The highest BCUT2D eigenvalue weighted by Crippen LogP contribution is 2.23. The molecule has 0 amide bonds. The van der Waals surface area contributed by atoms with Crippen LogP contribution >= 0.6 is 0 Å². The maximum Gasteiger partial charge on any atom is 0.132 e. The molecule has 1 aliphatic heterocycles. The molecule has 1 saturated heterocycles. The van der Waals surface area contributed by atoms with E-state index in [1.54, 1.807) is 6.33 Å². The number of rotatable bonds is 3. The fraction of sp³-hybridized carbons (Fsp3) is 0.714. The standard InChI is InChI=1S/C14H22N4O/c1-2-4-12-13(5-3-1)17-10-18-14(12)16-9-11-8-15-6-7-19-11/h10-11,15H,1-9H2,(H,16,17,18). The zero-order valence-corrected chi connectivity index (χ0v) is 11.3. The van der Waals surface area contributed by atoms with Gasteiger partial charge in [0, 0.05) is 30.9 Å². The average molecular weight is 262 g/mol. The van der Waals surface area contributed by atoms with Gasteiger partial charge < -0.3 is 15.4 Å². The van der Waals surface area contributed by atoms with Gasteiger partial charge in [-0.25, -0.2) is 9.97 Å². The van der Waals surface area contributed by atoms with Gasteiger partial charge in [0.15, 0.2) is 0 Å². The van der Waals surface area contributed by atoms with Crippen LogP contribution < -0.4 is 10.6 Å². The van der Waals surface area contributed by atoms with Crippen molar-refractivity contribution in [2.75, 3.05) is 31.6 Å². The summed E-state index contributed by atoms with van der Waals surface area (Å²) in [4.78, 5) is 8.86. The molecule has 2 N–H and O–H groups in total. The first kappa shape index (κ1) is 12.8. The molecule has 0 aromatic carbocycles. The Morgan fingerprint density at radius 2 is 2.21 bits per heavy atom. The highest BCUT2D eigenvalue weighted by atomic mass is 16.5. The van der Waals surface area contributed by atoms with Crippen molar-refractivity contribution in [3.8, 4) is 0 Å². The molecule has 1 fully saturated rings. The van der Waals surface area contributed by atoms with Crippen molar-refractivity contribution in [2.45, 2.75) is 38.2 Å². The largest absolute Gasteiger partial charge is 0.374 e. The van der Waals surface area contributed by atoms with Gasteiger partial charge in [0.25, 0.3) is 0 Å². The van der Waals surface area contributed by atoms with Gasteiger partial charge in [-0.2, -0.15) is 0 Å². The number of hydrogen-bond acceptors (Lipinski definition) is 5. The number of aromatic nitrogens is 2. The van der Waals surface area contributed by atoms with Crippen LogP contribution in [0.2, 0.25) is 0 Å². The van der Waals surface area contributed by atoms with Crippen LogP contribution in [0.15, 0.2) is 6.33 Å². The fourth-order valence-electron chi connectivity index (χ4n) is 2.81. The monoisotopic (exact) mass is 262 g/mol. The molecule has 19 heavy (non-hydrogen) atoms. The lowest BCUT2D eigenvalue weighted by molar-refractivity contribution is 0.0372. The lowest BCUT2D eigenvalue weighted by atomic mass is 10.1. The van der Waals surface area contributed by atoms with E-state index in [4.69, 9.17) is 4.74 Å². The third kappa shape index (κ3) is 3.22. The molecule has 2 heterocycles. The van der Waals surface area contributed by atoms with Crippen LogP contribution in [0.3, 0.4) is 0 Å². The molecule has 0 bridgehead atoms. The minimum Gasteiger partial charge on any atom is -0.374 e. The summed E-state index contributed by atoms with van der Waals surface area (Å²) >= 11 is 0. The van der Waals surface area contributed by atoms with E-state index in [0.717, 1.165) is 44.9 Å². The first-order valence-corrected chi connectivity index (χ1v) is 7.32. The van der Waals surface area contributed by atoms with Crippen molar-refractivity contribution in [1.29, 1.82) is 0 Å². The third-order valence-electron chi connectivity index (χ3n) is 3.88. The number of anilines is 1. The summed E-state index contributed by atoms with van der Waals surface area (Å²) < 4.78 is 5.70. The van der Waals surface area contributed by atoms with Crippen LogP contribution in [0.4, 0.5) is 5.82 Å². The van der Waals surface area contributed by atoms with E-state index in [9.17, 15) is 0 Å². The molecule has 3 rings (SSSR count). The number of aryl methyl sites for hydroxylation is 1. The molecule has 1 unspecified atom stereocenters. The Morgan fingerprint density at radius 1 is 1.26 bits per heavy atom. The summed E-state index contributed by atoms with van der Waals surface area (Å²) in [6, 6.07) is 0. The number of nitrogens with zero attached hydrogens (tertiary/aromatic N) is 2. The summed E-state index contributed by atoms with van der Waals surface area (Å²) in [6.07, 6.45) is 7.91. The SMILES string of the molecule is c1nc2c(c(NCC3CNCCO3)n1)CCCCC2. The number of ether oxygens (including phenoxy) is 1. The Bertz CT molecular complexity index is 418. The predicted molar refractivity (Wildman–Crippen MR) is 74.4 cm³/mol. The van der Waals surface area contributed by atoms with Gasteiger partial charge in [0.1, 0.15) is 12.1 Å². The van der Waals surface area contributed by atoms with E-state index in [0.29, 0.717) is 0 Å². The number of nitrogens with one attached hydrogen (secondary N) is 2. The molecule has 1 aromatic rings. The van der Waals surface area contributed by atoms with E-state index >= 15 is 0 Å². The summed E-state index contributed by atoms with van der Waals surface area (Å²) in [7, 11) is 0. The molecule has 104 valence electrons.